The van der Waals surface area contributed by atoms with Crippen molar-refractivity contribution in [1.82, 2.24) is 9.88 Å². The zero-order chi connectivity index (χ0) is 14.8. The molecule has 1 rings (SSSR count). The fraction of sp³-hybridized carbons (Fsp3) is 0.600. The third kappa shape index (κ3) is 3.93. The molecule has 106 valence electrons. The summed E-state index contributed by atoms with van der Waals surface area (Å²) < 4.78 is 0. The van der Waals surface area contributed by atoms with Crippen molar-refractivity contribution in [3.05, 3.63) is 28.5 Å². The molecule has 1 heterocycles. The molecule has 0 aliphatic carbocycles. The number of amides is 1. The van der Waals surface area contributed by atoms with Gasteiger partial charge in [0.05, 0.1) is 0 Å². The van der Waals surface area contributed by atoms with Gasteiger partial charge in [-0.1, -0.05) is 32.4 Å². The Balaban J connectivity index is 3.21. The second kappa shape index (κ2) is 5.91. The molecule has 0 spiro atoms. The average molecular weight is 283 g/mol. The van der Waals surface area contributed by atoms with Gasteiger partial charge in [0.15, 0.2) is 0 Å². The Kier molecular flexibility index (Phi) is 4.97. The number of pyridine rings is 1. The summed E-state index contributed by atoms with van der Waals surface area (Å²) in [4.78, 5) is 18.6. The van der Waals surface area contributed by atoms with Crippen LogP contribution in [0.4, 0.5) is 0 Å². The minimum atomic E-state index is -0.130. The van der Waals surface area contributed by atoms with Crippen molar-refractivity contribution in [2.75, 3.05) is 6.54 Å². The van der Waals surface area contributed by atoms with E-state index in [-0.39, 0.29) is 17.4 Å². The Morgan fingerprint density at radius 2 is 1.95 bits per heavy atom. The van der Waals surface area contributed by atoms with Gasteiger partial charge in [-0.15, -0.1) is 0 Å². The van der Waals surface area contributed by atoms with Crippen LogP contribution in [0.3, 0.4) is 0 Å². The molecule has 0 unspecified atom stereocenters. The molecule has 4 heteroatoms. The van der Waals surface area contributed by atoms with Gasteiger partial charge >= 0.3 is 0 Å². The van der Waals surface area contributed by atoms with Gasteiger partial charge in [0.1, 0.15) is 5.15 Å². The smallest absolute Gasteiger partial charge is 0.254 e. The zero-order valence-corrected chi connectivity index (χ0v) is 13.4. The summed E-state index contributed by atoms with van der Waals surface area (Å²) >= 11 is 6.05. The van der Waals surface area contributed by atoms with Crippen LogP contribution in [-0.4, -0.2) is 28.4 Å². The largest absolute Gasteiger partial charge is 0.336 e. The normalized spacial score (nSPS) is 11.8. The molecule has 3 nitrogen and oxygen atoms in total. The molecular weight excluding hydrogens is 260 g/mol. The summed E-state index contributed by atoms with van der Waals surface area (Å²) in [5.74, 6) is 0.00676. The molecule has 0 saturated carbocycles. The van der Waals surface area contributed by atoms with Crippen molar-refractivity contribution in [2.24, 2.45) is 0 Å². The van der Waals surface area contributed by atoms with Crippen molar-refractivity contribution in [3.8, 4) is 0 Å². The van der Waals surface area contributed by atoms with Crippen LogP contribution in [0, 0.1) is 0 Å². The van der Waals surface area contributed by atoms with Crippen molar-refractivity contribution < 1.29 is 4.79 Å². The molecule has 0 aliphatic heterocycles. The number of halogens is 1. The lowest BCUT2D eigenvalue weighted by molar-refractivity contribution is 0.0716. The molecular formula is C15H23ClN2O. The standard InChI is InChI=1S/C15H23ClN2O/c1-7-18(10(2)3)14(19)11-8-12(15(4,5)6)17-13(16)9-11/h8-10H,7H2,1-6H3. The van der Waals surface area contributed by atoms with Crippen molar-refractivity contribution in [1.29, 1.82) is 0 Å². The van der Waals surface area contributed by atoms with Gasteiger partial charge < -0.3 is 4.90 Å². The van der Waals surface area contributed by atoms with Gasteiger partial charge in [0, 0.05) is 29.3 Å². The summed E-state index contributed by atoms with van der Waals surface area (Å²) in [6.45, 7) is 12.8. The Bertz CT molecular complexity index is 464. The Hall–Kier alpha value is -1.09. The maximum atomic E-state index is 12.5. The molecule has 0 fully saturated rings. The predicted molar refractivity (Wildman–Crippen MR) is 79.8 cm³/mol. The number of nitrogens with zero attached hydrogens (tertiary/aromatic N) is 2. The Morgan fingerprint density at radius 1 is 1.37 bits per heavy atom. The van der Waals surface area contributed by atoms with Gasteiger partial charge in [-0.3, -0.25) is 4.79 Å². The van der Waals surface area contributed by atoms with E-state index >= 15 is 0 Å². The van der Waals surface area contributed by atoms with Crippen LogP contribution in [0.1, 0.15) is 57.6 Å². The molecule has 0 atom stereocenters. The zero-order valence-electron chi connectivity index (χ0n) is 12.6. The van der Waals surface area contributed by atoms with E-state index in [1.54, 1.807) is 6.07 Å². The summed E-state index contributed by atoms with van der Waals surface area (Å²) in [7, 11) is 0. The van der Waals surface area contributed by atoms with Crippen molar-refractivity contribution in [2.45, 2.75) is 53.0 Å². The van der Waals surface area contributed by atoms with E-state index in [4.69, 9.17) is 11.6 Å². The molecule has 0 aromatic carbocycles. The van der Waals surface area contributed by atoms with Gasteiger partial charge in [-0.05, 0) is 32.9 Å². The van der Waals surface area contributed by atoms with Crippen LogP contribution in [-0.2, 0) is 5.41 Å². The van der Waals surface area contributed by atoms with Gasteiger partial charge in [-0.2, -0.15) is 0 Å². The minimum absolute atomic E-state index is 0.00676. The lowest BCUT2D eigenvalue weighted by atomic mass is 9.90. The number of aromatic nitrogens is 1. The highest BCUT2D eigenvalue weighted by molar-refractivity contribution is 6.29. The number of carbonyl (C=O) groups is 1. The third-order valence-electron chi connectivity index (χ3n) is 3.03. The quantitative estimate of drug-likeness (QED) is 0.788. The van der Waals surface area contributed by atoms with E-state index in [9.17, 15) is 4.79 Å². The lowest BCUT2D eigenvalue weighted by Gasteiger charge is -2.26. The van der Waals surface area contributed by atoms with E-state index in [0.29, 0.717) is 17.3 Å². The van der Waals surface area contributed by atoms with Crippen LogP contribution < -0.4 is 0 Å². The first-order chi connectivity index (χ1) is 8.66. The predicted octanol–water partition coefficient (Wildman–Crippen LogP) is 3.90. The maximum absolute atomic E-state index is 12.5. The first-order valence-corrected chi connectivity index (χ1v) is 7.03. The Labute approximate surface area is 121 Å². The average Bonchev–Trinajstić information content (AvgIpc) is 2.27. The second-order valence-corrected chi connectivity index (χ2v) is 6.39. The topological polar surface area (TPSA) is 33.2 Å². The molecule has 0 saturated heterocycles. The Morgan fingerprint density at radius 3 is 2.37 bits per heavy atom. The minimum Gasteiger partial charge on any atom is -0.336 e. The molecule has 0 aliphatic rings. The summed E-state index contributed by atoms with van der Waals surface area (Å²) in [6.07, 6.45) is 0. The highest BCUT2D eigenvalue weighted by Crippen LogP contribution is 2.24. The van der Waals surface area contributed by atoms with Gasteiger partial charge in [0.25, 0.3) is 5.91 Å². The van der Waals surface area contributed by atoms with E-state index in [1.807, 2.05) is 31.7 Å². The van der Waals surface area contributed by atoms with Crippen LogP contribution in [0.5, 0.6) is 0 Å². The number of carbonyl (C=O) groups excluding carboxylic acids is 1. The highest BCUT2D eigenvalue weighted by Gasteiger charge is 2.22. The second-order valence-electron chi connectivity index (χ2n) is 6.00. The summed E-state index contributed by atoms with van der Waals surface area (Å²) in [6, 6.07) is 3.66. The van der Waals surface area contributed by atoms with Crippen LogP contribution in [0.25, 0.3) is 0 Å². The monoisotopic (exact) mass is 282 g/mol. The van der Waals surface area contributed by atoms with Crippen LogP contribution in [0.2, 0.25) is 5.15 Å². The number of hydrogen-bond donors (Lipinski definition) is 0. The first kappa shape index (κ1) is 16.0. The third-order valence-corrected chi connectivity index (χ3v) is 3.23. The van der Waals surface area contributed by atoms with Crippen molar-refractivity contribution >= 4 is 17.5 Å². The lowest BCUT2D eigenvalue weighted by Crippen LogP contribution is -2.36. The fourth-order valence-corrected chi connectivity index (χ4v) is 2.12. The maximum Gasteiger partial charge on any atom is 0.254 e. The molecule has 1 aromatic heterocycles. The summed E-state index contributed by atoms with van der Waals surface area (Å²) in [5.41, 5.74) is 1.32. The first-order valence-electron chi connectivity index (χ1n) is 6.65. The molecule has 1 amide bonds. The number of rotatable bonds is 3. The van der Waals surface area contributed by atoms with Crippen LogP contribution in [0.15, 0.2) is 12.1 Å². The SMILES string of the molecule is CCN(C(=O)c1cc(Cl)nc(C(C)(C)C)c1)C(C)C. The summed E-state index contributed by atoms with van der Waals surface area (Å²) in [5, 5.41) is 0.371. The van der Waals surface area contributed by atoms with E-state index in [0.717, 1.165) is 5.69 Å². The van der Waals surface area contributed by atoms with Gasteiger partial charge in [-0.25, -0.2) is 4.98 Å². The van der Waals surface area contributed by atoms with E-state index in [1.165, 1.54) is 0 Å². The van der Waals surface area contributed by atoms with Crippen molar-refractivity contribution in [3.63, 3.8) is 0 Å². The van der Waals surface area contributed by atoms with Crippen LogP contribution >= 0.6 is 11.6 Å². The molecule has 1 aromatic rings. The molecule has 19 heavy (non-hydrogen) atoms. The molecule has 0 radical (unpaired) electrons. The fourth-order valence-electron chi connectivity index (χ4n) is 1.91. The van der Waals surface area contributed by atoms with E-state index in [2.05, 4.69) is 25.8 Å². The molecule has 0 N–H and O–H groups in total. The highest BCUT2D eigenvalue weighted by atomic mass is 35.5. The van der Waals surface area contributed by atoms with E-state index < -0.39 is 0 Å². The van der Waals surface area contributed by atoms with Gasteiger partial charge in [0.2, 0.25) is 0 Å². The number of hydrogen-bond acceptors (Lipinski definition) is 2. The molecule has 0 bridgehead atoms.